The van der Waals surface area contributed by atoms with Gasteiger partial charge in [0.15, 0.2) is 0 Å². The van der Waals surface area contributed by atoms with E-state index in [9.17, 15) is 4.79 Å². The summed E-state index contributed by atoms with van der Waals surface area (Å²) in [6.45, 7) is 2.36. The van der Waals surface area contributed by atoms with Crippen LogP contribution in [0.15, 0.2) is 0 Å². The number of nitrogens with zero attached hydrogens (tertiary/aromatic N) is 1. The van der Waals surface area contributed by atoms with E-state index in [2.05, 4.69) is 10.2 Å². The van der Waals surface area contributed by atoms with Gasteiger partial charge < -0.3 is 11.1 Å². The van der Waals surface area contributed by atoms with E-state index in [1.807, 2.05) is 0 Å². The predicted octanol–water partition coefficient (Wildman–Crippen LogP) is 2.03. The number of likely N-dealkylation sites (tertiary alicyclic amines) is 1. The Morgan fingerprint density at radius 3 is 2.45 bits per heavy atom. The first-order valence-electron chi connectivity index (χ1n) is 8.53. The van der Waals surface area contributed by atoms with Gasteiger partial charge in [0.25, 0.3) is 0 Å². The van der Waals surface area contributed by atoms with E-state index in [1.165, 1.54) is 44.9 Å². The molecule has 20 heavy (non-hydrogen) atoms. The smallest absolute Gasteiger partial charge is 0.234 e. The van der Waals surface area contributed by atoms with Gasteiger partial charge in [-0.3, -0.25) is 9.69 Å². The fraction of sp³-hybridized carbons (Fsp3) is 0.938. The van der Waals surface area contributed by atoms with Gasteiger partial charge >= 0.3 is 0 Å². The molecule has 4 heteroatoms. The molecule has 0 radical (unpaired) electrons. The fourth-order valence-corrected chi connectivity index (χ4v) is 3.67. The van der Waals surface area contributed by atoms with Crippen molar-refractivity contribution >= 4 is 5.91 Å². The lowest BCUT2D eigenvalue weighted by atomic mass is 9.99. The van der Waals surface area contributed by atoms with Crippen molar-refractivity contribution in [3.8, 4) is 0 Å². The second-order valence-corrected chi connectivity index (χ2v) is 6.45. The van der Waals surface area contributed by atoms with Crippen molar-refractivity contribution in [2.24, 2.45) is 5.73 Å². The topological polar surface area (TPSA) is 58.4 Å². The van der Waals surface area contributed by atoms with Crippen LogP contribution in [-0.2, 0) is 4.79 Å². The molecule has 1 saturated heterocycles. The Bertz CT molecular complexity index is 285. The Hall–Kier alpha value is -0.610. The molecule has 116 valence electrons. The van der Waals surface area contributed by atoms with Crippen LogP contribution < -0.4 is 11.1 Å². The molecule has 1 heterocycles. The second-order valence-electron chi connectivity index (χ2n) is 6.45. The third-order valence-electron chi connectivity index (χ3n) is 4.82. The summed E-state index contributed by atoms with van der Waals surface area (Å²) in [6, 6.07) is 0.941. The fourth-order valence-electron chi connectivity index (χ4n) is 3.67. The lowest BCUT2D eigenvalue weighted by Gasteiger charge is -2.35. The first-order valence-corrected chi connectivity index (χ1v) is 8.53. The number of nitrogens with two attached hydrogens (primary N) is 1. The molecule has 1 amide bonds. The maximum atomic E-state index is 12.3. The van der Waals surface area contributed by atoms with Crippen LogP contribution in [0.25, 0.3) is 0 Å². The van der Waals surface area contributed by atoms with Crippen molar-refractivity contribution in [1.82, 2.24) is 10.2 Å². The van der Waals surface area contributed by atoms with E-state index in [0.717, 1.165) is 32.4 Å². The number of nitrogens with one attached hydrogen (secondary N) is 1. The second kappa shape index (κ2) is 8.63. The van der Waals surface area contributed by atoms with Crippen LogP contribution in [0.5, 0.6) is 0 Å². The molecule has 1 aliphatic heterocycles. The normalized spacial score (nSPS) is 26.1. The number of carbonyl (C=O) groups excluding carboxylic acids is 1. The van der Waals surface area contributed by atoms with Crippen molar-refractivity contribution in [2.45, 2.75) is 76.3 Å². The SMILES string of the molecule is NCCC1CCCCN1CC(=O)NC1CCCCCC1. The third-order valence-corrected chi connectivity index (χ3v) is 4.82. The molecule has 2 aliphatic rings. The van der Waals surface area contributed by atoms with Crippen LogP contribution in [-0.4, -0.2) is 42.5 Å². The molecule has 0 bridgehead atoms. The van der Waals surface area contributed by atoms with Gasteiger partial charge in [-0.25, -0.2) is 0 Å². The molecular formula is C16H31N3O. The molecule has 0 spiro atoms. The zero-order valence-corrected chi connectivity index (χ0v) is 12.8. The molecule has 0 aromatic heterocycles. The molecule has 1 aliphatic carbocycles. The summed E-state index contributed by atoms with van der Waals surface area (Å²) in [7, 11) is 0. The highest BCUT2D eigenvalue weighted by atomic mass is 16.2. The molecule has 3 N–H and O–H groups in total. The van der Waals surface area contributed by atoms with Gasteiger partial charge in [0.2, 0.25) is 5.91 Å². The molecule has 1 saturated carbocycles. The molecule has 4 nitrogen and oxygen atoms in total. The van der Waals surface area contributed by atoms with E-state index in [1.54, 1.807) is 0 Å². The lowest BCUT2D eigenvalue weighted by molar-refractivity contribution is -0.124. The molecule has 2 fully saturated rings. The average molecular weight is 281 g/mol. The quantitative estimate of drug-likeness (QED) is 0.758. The minimum absolute atomic E-state index is 0.223. The van der Waals surface area contributed by atoms with Crippen LogP contribution in [0.3, 0.4) is 0 Å². The van der Waals surface area contributed by atoms with Crippen LogP contribution in [0.2, 0.25) is 0 Å². The van der Waals surface area contributed by atoms with Gasteiger partial charge in [0, 0.05) is 12.1 Å². The summed E-state index contributed by atoms with van der Waals surface area (Å²) in [5.74, 6) is 0.223. The van der Waals surface area contributed by atoms with Crippen LogP contribution in [0, 0.1) is 0 Å². The number of hydrogen-bond acceptors (Lipinski definition) is 3. The van der Waals surface area contributed by atoms with E-state index in [4.69, 9.17) is 5.73 Å². The summed E-state index contributed by atoms with van der Waals surface area (Å²) in [5, 5.41) is 3.26. The van der Waals surface area contributed by atoms with Crippen molar-refractivity contribution in [3.63, 3.8) is 0 Å². The first-order chi connectivity index (χ1) is 9.79. The number of piperidine rings is 1. The first kappa shape index (κ1) is 15.8. The van der Waals surface area contributed by atoms with Crippen LogP contribution in [0.4, 0.5) is 0 Å². The number of carbonyl (C=O) groups is 1. The van der Waals surface area contributed by atoms with Crippen molar-refractivity contribution < 1.29 is 4.79 Å². The molecule has 0 aromatic rings. The summed E-state index contributed by atoms with van der Waals surface area (Å²) in [6.07, 6.45) is 12.3. The minimum Gasteiger partial charge on any atom is -0.352 e. The number of hydrogen-bond donors (Lipinski definition) is 2. The van der Waals surface area contributed by atoms with Gasteiger partial charge in [-0.1, -0.05) is 32.1 Å². The Balaban J connectivity index is 1.76. The van der Waals surface area contributed by atoms with E-state index >= 15 is 0 Å². The monoisotopic (exact) mass is 281 g/mol. The van der Waals surface area contributed by atoms with Gasteiger partial charge in [0.05, 0.1) is 6.54 Å². The predicted molar refractivity (Wildman–Crippen MR) is 82.5 cm³/mol. The van der Waals surface area contributed by atoms with Gasteiger partial charge in [-0.05, 0) is 45.2 Å². The molecular weight excluding hydrogens is 250 g/mol. The number of amides is 1. The zero-order valence-electron chi connectivity index (χ0n) is 12.8. The summed E-state index contributed by atoms with van der Waals surface area (Å²) in [4.78, 5) is 14.6. The molecule has 0 aromatic carbocycles. The Labute approximate surface area is 123 Å². The van der Waals surface area contributed by atoms with Crippen molar-refractivity contribution in [1.29, 1.82) is 0 Å². The Kier molecular flexibility index (Phi) is 6.80. The Morgan fingerprint density at radius 1 is 1.05 bits per heavy atom. The third kappa shape index (κ3) is 5.06. The highest BCUT2D eigenvalue weighted by molar-refractivity contribution is 5.78. The largest absolute Gasteiger partial charge is 0.352 e. The zero-order chi connectivity index (χ0) is 14.2. The summed E-state index contributed by atoms with van der Waals surface area (Å²) >= 11 is 0. The average Bonchev–Trinajstić information content (AvgIpc) is 2.70. The minimum atomic E-state index is 0.223. The molecule has 1 unspecified atom stereocenters. The standard InChI is InChI=1S/C16H31N3O/c17-11-10-15-9-5-6-12-19(15)13-16(20)18-14-7-3-1-2-4-8-14/h14-15H,1-13,17H2,(H,18,20). The Morgan fingerprint density at radius 2 is 1.75 bits per heavy atom. The highest BCUT2D eigenvalue weighted by Gasteiger charge is 2.24. The maximum absolute atomic E-state index is 12.3. The number of rotatable bonds is 5. The summed E-state index contributed by atoms with van der Waals surface area (Å²) in [5.41, 5.74) is 5.69. The maximum Gasteiger partial charge on any atom is 0.234 e. The van der Waals surface area contributed by atoms with E-state index in [-0.39, 0.29) is 5.91 Å². The van der Waals surface area contributed by atoms with Gasteiger partial charge in [-0.15, -0.1) is 0 Å². The van der Waals surface area contributed by atoms with Crippen LogP contribution >= 0.6 is 0 Å². The highest BCUT2D eigenvalue weighted by Crippen LogP contribution is 2.20. The van der Waals surface area contributed by atoms with Crippen molar-refractivity contribution in [3.05, 3.63) is 0 Å². The summed E-state index contributed by atoms with van der Waals surface area (Å²) < 4.78 is 0. The van der Waals surface area contributed by atoms with Crippen LogP contribution in [0.1, 0.15) is 64.2 Å². The van der Waals surface area contributed by atoms with Gasteiger partial charge in [0.1, 0.15) is 0 Å². The van der Waals surface area contributed by atoms with Crippen molar-refractivity contribution in [2.75, 3.05) is 19.6 Å². The van der Waals surface area contributed by atoms with E-state index < -0.39 is 0 Å². The molecule has 1 atom stereocenters. The van der Waals surface area contributed by atoms with E-state index in [0.29, 0.717) is 18.6 Å². The van der Waals surface area contributed by atoms with Gasteiger partial charge in [-0.2, -0.15) is 0 Å². The lowest BCUT2D eigenvalue weighted by Crippen LogP contribution is -2.48. The molecule has 2 rings (SSSR count).